The Labute approximate surface area is 201 Å². The Morgan fingerprint density at radius 1 is 0.889 bits per heavy atom. The summed E-state index contributed by atoms with van der Waals surface area (Å²) >= 11 is 0. The van der Waals surface area contributed by atoms with Crippen molar-refractivity contribution < 1.29 is 43.9 Å². The van der Waals surface area contributed by atoms with Crippen molar-refractivity contribution in [2.45, 2.75) is 30.2 Å². The molecule has 0 radical (unpaired) electrons. The molecule has 192 valence electrons. The molecule has 1 aliphatic heterocycles. The van der Waals surface area contributed by atoms with Gasteiger partial charge in [0.2, 0.25) is 15.9 Å². The van der Waals surface area contributed by atoms with Crippen LogP contribution in [0.2, 0.25) is 0 Å². The maximum Gasteiger partial charge on any atom is 0.416 e. The molecule has 0 bridgehead atoms. The molecule has 2 heterocycles. The number of hydrogen-bond acceptors (Lipinski definition) is 4. The minimum absolute atomic E-state index is 0.00468. The molecule has 0 amide bonds. The smallest absolute Gasteiger partial charge is 0.416 e. The molecule has 0 saturated heterocycles. The number of nitrogens with zero attached hydrogens (tertiary/aromatic N) is 2. The van der Waals surface area contributed by atoms with Gasteiger partial charge in [-0.1, -0.05) is 12.1 Å². The molecule has 0 spiro atoms. The number of fused-ring (bicyclic) bond motifs is 1. The van der Waals surface area contributed by atoms with Gasteiger partial charge in [-0.2, -0.15) is 30.6 Å². The molecule has 13 heteroatoms. The first-order valence-corrected chi connectivity index (χ1v) is 11.9. The summed E-state index contributed by atoms with van der Waals surface area (Å²) in [4.78, 5) is 2.95. The lowest BCUT2D eigenvalue weighted by atomic mass is 10.0. The zero-order chi connectivity index (χ0) is 26.3. The quantitative estimate of drug-likeness (QED) is 0.393. The first kappa shape index (κ1) is 25.9. The number of sulfonamides is 1. The monoisotopic (exact) mass is 534 g/mol. The fourth-order valence-electron chi connectivity index (χ4n) is 3.75. The van der Waals surface area contributed by atoms with Crippen molar-refractivity contribution in [2.24, 2.45) is 0 Å². The Hall–Kier alpha value is -3.19. The first-order chi connectivity index (χ1) is 16.8. The molecule has 5 nitrogen and oxygen atoms in total. The summed E-state index contributed by atoms with van der Waals surface area (Å²) in [5, 5.41) is 0. The fraction of sp³-hybridized carbons (Fsp3) is 0.261. The summed E-state index contributed by atoms with van der Waals surface area (Å²) in [5.74, 6) is -0.460. The van der Waals surface area contributed by atoms with Crippen LogP contribution in [0.3, 0.4) is 0 Å². The Morgan fingerprint density at radius 2 is 1.50 bits per heavy atom. The highest BCUT2D eigenvalue weighted by atomic mass is 32.2. The summed E-state index contributed by atoms with van der Waals surface area (Å²) < 4.78 is 127. The molecule has 0 fully saturated rings. The fourth-order valence-corrected chi connectivity index (χ4v) is 5.26. The first-order valence-electron chi connectivity index (χ1n) is 10.4. The lowest BCUT2D eigenvalue weighted by Gasteiger charge is -2.27. The van der Waals surface area contributed by atoms with E-state index in [9.17, 15) is 39.2 Å². The largest absolute Gasteiger partial charge is 0.477 e. The van der Waals surface area contributed by atoms with Gasteiger partial charge in [0.15, 0.2) is 0 Å². The zero-order valence-electron chi connectivity index (χ0n) is 18.2. The van der Waals surface area contributed by atoms with Gasteiger partial charge in [0.1, 0.15) is 5.82 Å². The van der Waals surface area contributed by atoms with Crippen LogP contribution in [0.4, 0.5) is 30.7 Å². The Bertz CT molecular complexity index is 1340. The number of benzene rings is 2. The van der Waals surface area contributed by atoms with Crippen LogP contribution in [0, 0.1) is 5.82 Å². The van der Waals surface area contributed by atoms with Crippen molar-refractivity contribution in [3.05, 3.63) is 77.2 Å². The van der Waals surface area contributed by atoms with Crippen LogP contribution in [0.25, 0.3) is 11.1 Å². The van der Waals surface area contributed by atoms with E-state index in [1.54, 1.807) is 0 Å². The van der Waals surface area contributed by atoms with Crippen molar-refractivity contribution in [1.29, 1.82) is 0 Å². The molecule has 4 rings (SSSR count). The van der Waals surface area contributed by atoms with Crippen LogP contribution in [0.15, 0.2) is 59.6 Å². The second kappa shape index (κ2) is 9.36. The summed E-state index contributed by atoms with van der Waals surface area (Å²) in [7, 11) is -4.83. The molecular formula is C23H17F7N2O3S. The number of hydrogen-bond donors (Lipinski definition) is 0. The normalized spacial score (nSPS) is 15.5. The topological polar surface area (TPSA) is 59.5 Å². The van der Waals surface area contributed by atoms with Crippen molar-refractivity contribution in [3.8, 4) is 17.0 Å². The average Bonchev–Trinajstić information content (AvgIpc) is 2.78. The Morgan fingerprint density at radius 3 is 2.08 bits per heavy atom. The van der Waals surface area contributed by atoms with Gasteiger partial charge in [0.25, 0.3) is 0 Å². The molecule has 0 atom stereocenters. The van der Waals surface area contributed by atoms with Gasteiger partial charge >= 0.3 is 12.4 Å². The number of pyridine rings is 1. The molecule has 3 aromatic rings. The van der Waals surface area contributed by atoms with E-state index in [2.05, 4.69) is 4.98 Å². The number of ether oxygens (including phenoxy) is 1. The van der Waals surface area contributed by atoms with E-state index in [4.69, 9.17) is 4.74 Å². The predicted octanol–water partition coefficient (Wildman–Crippen LogP) is 5.90. The molecule has 36 heavy (non-hydrogen) atoms. The second-order valence-electron chi connectivity index (χ2n) is 7.93. The minimum Gasteiger partial charge on any atom is -0.477 e. The van der Waals surface area contributed by atoms with E-state index < -0.39 is 50.8 Å². The molecule has 1 aromatic heterocycles. The molecule has 2 aromatic carbocycles. The third-order valence-electron chi connectivity index (χ3n) is 5.50. The van der Waals surface area contributed by atoms with Gasteiger partial charge in [-0.25, -0.2) is 17.8 Å². The highest BCUT2D eigenvalue weighted by Crippen LogP contribution is 2.39. The number of aromatic nitrogens is 1. The van der Waals surface area contributed by atoms with E-state index >= 15 is 0 Å². The third-order valence-corrected chi connectivity index (χ3v) is 7.32. The zero-order valence-corrected chi connectivity index (χ0v) is 19.0. The second-order valence-corrected chi connectivity index (χ2v) is 9.87. The van der Waals surface area contributed by atoms with Crippen LogP contribution in [0.1, 0.15) is 23.1 Å². The van der Waals surface area contributed by atoms with Crippen LogP contribution in [-0.2, 0) is 28.9 Å². The van der Waals surface area contributed by atoms with Gasteiger partial charge in [0.05, 0.1) is 22.6 Å². The number of rotatable bonds is 3. The summed E-state index contributed by atoms with van der Waals surface area (Å²) in [6.45, 7) is -0.692. The Balaban J connectivity index is 1.83. The SMILES string of the molecule is O=S(=O)(c1cc(C(F)(F)F)cc(C(F)(F)F)c1)N1CCCOc2nccc(-c3ccc(F)cc3)c2C1. The van der Waals surface area contributed by atoms with Crippen LogP contribution < -0.4 is 4.74 Å². The molecular weight excluding hydrogens is 517 g/mol. The van der Waals surface area contributed by atoms with Crippen molar-refractivity contribution in [3.63, 3.8) is 0 Å². The van der Waals surface area contributed by atoms with Gasteiger partial charge in [-0.15, -0.1) is 0 Å². The van der Waals surface area contributed by atoms with Gasteiger partial charge in [-0.3, -0.25) is 0 Å². The van der Waals surface area contributed by atoms with Gasteiger partial charge in [0, 0.05) is 24.8 Å². The Kier molecular flexibility index (Phi) is 6.73. The average molecular weight is 534 g/mol. The molecule has 0 unspecified atom stereocenters. The highest BCUT2D eigenvalue weighted by Gasteiger charge is 2.39. The molecule has 0 N–H and O–H groups in total. The van der Waals surface area contributed by atoms with Crippen LogP contribution >= 0.6 is 0 Å². The predicted molar refractivity (Wildman–Crippen MR) is 114 cm³/mol. The molecule has 0 saturated carbocycles. The van der Waals surface area contributed by atoms with E-state index in [0.29, 0.717) is 11.1 Å². The third kappa shape index (κ3) is 5.31. The summed E-state index contributed by atoms with van der Waals surface area (Å²) in [5.41, 5.74) is -2.34. The molecule has 1 aliphatic rings. The lowest BCUT2D eigenvalue weighted by molar-refractivity contribution is -0.143. The van der Waals surface area contributed by atoms with E-state index in [0.717, 1.165) is 4.31 Å². The van der Waals surface area contributed by atoms with Crippen molar-refractivity contribution in [1.82, 2.24) is 9.29 Å². The van der Waals surface area contributed by atoms with Crippen molar-refractivity contribution >= 4 is 10.0 Å². The van der Waals surface area contributed by atoms with Crippen LogP contribution in [0.5, 0.6) is 5.88 Å². The summed E-state index contributed by atoms with van der Waals surface area (Å²) in [6, 6.07) is 7.00. The maximum atomic E-state index is 13.4. The standard InChI is InChI=1S/C23H17F7N2O3S/c24-17-4-2-14(3-5-17)19-6-7-31-21-20(19)13-32(8-1-9-35-21)36(33,34)18-11-15(22(25,26)27)10-16(12-18)23(28,29)30/h2-7,10-12H,1,8-9,13H2. The lowest BCUT2D eigenvalue weighted by Crippen LogP contribution is -2.34. The number of alkyl halides is 6. The van der Waals surface area contributed by atoms with E-state index in [1.807, 2.05) is 0 Å². The van der Waals surface area contributed by atoms with Gasteiger partial charge < -0.3 is 4.74 Å². The van der Waals surface area contributed by atoms with Crippen LogP contribution in [-0.4, -0.2) is 30.9 Å². The maximum absolute atomic E-state index is 13.4. The number of halogens is 7. The minimum atomic E-state index is -5.21. The molecule has 0 aliphatic carbocycles. The summed E-state index contributed by atoms with van der Waals surface area (Å²) in [6.07, 6.45) is -8.92. The van der Waals surface area contributed by atoms with Gasteiger partial charge in [-0.05, 0) is 53.9 Å². The van der Waals surface area contributed by atoms with E-state index in [1.165, 1.54) is 36.5 Å². The van der Waals surface area contributed by atoms with E-state index in [-0.39, 0.29) is 49.2 Å². The highest BCUT2D eigenvalue weighted by molar-refractivity contribution is 7.89. The van der Waals surface area contributed by atoms with Crippen molar-refractivity contribution in [2.75, 3.05) is 13.2 Å².